The second kappa shape index (κ2) is 4.72. The summed E-state index contributed by atoms with van der Waals surface area (Å²) in [5.41, 5.74) is -0.0809. The van der Waals surface area contributed by atoms with Crippen molar-refractivity contribution < 1.29 is 5.11 Å². The van der Waals surface area contributed by atoms with Crippen LogP contribution >= 0.6 is 0 Å². The molecule has 1 fully saturated rings. The minimum absolute atomic E-state index is 0.0809. The molecule has 0 spiro atoms. The number of nitrogens with one attached hydrogen (secondary N) is 2. The second-order valence-electron chi connectivity index (χ2n) is 5.93. The molecular weight excluding hydrogens is 228 g/mol. The van der Waals surface area contributed by atoms with E-state index in [1.165, 1.54) is 0 Å². The fraction of sp³-hybridized carbons (Fsp3) is 0.692. The average molecular weight is 250 g/mol. The fourth-order valence-corrected chi connectivity index (χ4v) is 1.90. The Morgan fingerprint density at radius 1 is 1.22 bits per heavy atom. The van der Waals surface area contributed by atoms with E-state index in [9.17, 15) is 5.11 Å². The van der Waals surface area contributed by atoms with Crippen LogP contribution in [0, 0.1) is 0 Å². The largest absolute Gasteiger partial charge is 0.393 e. The zero-order valence-corrected chi connectivity index (χ0v) is 11.5. The highest BCUT2D eigenvalue weighted by molar-refractivity contribution is 5.48. The number of aromatic nitrogens is 2. The van der Waals surface area contributed by atoms with Gasteiger partial charge in [0.1, 0.15) is 17.5 Å². The number of hydrogen-bond acceptors (Lipinski definition) is 5. The van der Waals surface area contributed by atoms with Crippen LogP contribution in [0.1, 0.15) is 39.4 Å². The molecule has 0 aliphatic heterocycles. The molecule has 1 aromatic rings. The number of aliphatic hydroxyl groups is 1. The van der Waals surface area contributed by atoms with Gasteiger partial charge in [0.05, 0.1) is 6.10 Å². The lowest BCUT2D eigenvalue weighted by atomic mass is 9.89. The first-order valence-electron chi connectivity index (χ1n) is 6.40. The topological polar surface area (TPSA) is 70.1 Å². The molecule has 0 bridgehead atoms. The number of aliphatic hydroxyl groups excluding tert-OH is 1. The van der Waals surface area contributed by atoms with Gasteiger partial charge in [-0.3, -0.25) is 0 Å². The highest BCUT2D eigenvalue weighted by atomic mass is 16.3. The van der Waals surface area contributed by atoms with Crippen molar-refractivity contribution in [3.8, 4) is 0 Å². The van der Waals surface area contributed by atoms with Crippen LogP contribution in [0.15, 0.2) is 6.07 Å². The van der Waals surface area contributed by atoms with Crippen molar-refractivity contribution in [1.29, 1.82) is 0 Å². The normalized spacial score (nSPS) is 23.4. The van der Waals surface area contributed by atoms with Gasteiger partial charge < -0.3 is 15.7 Å². The molecule has 3 N–H and O–H groups in total. The summed E-state index contributed by atoms with van der Waals surface area (Å²) in [6.45, 7) is 6.29. The molecule has 1 heterocycles. The van der Waals surface area contributed by atoms with Crippen molar-refractivity contribution in [1.82, 2.24) is 9.97 Å². The molecule has 1 aliphatic carbocycles. The van der Waals surface area contributed by atoms with Crippen LogP contribution in [-0.4, -0.2) is 34.3 Å². The zero-order valence-electron chi connectivity index (χ0n) is 11.5. The molecule has 0 radical (unpaired) electrons. The maximum Gasteiger partial charge on any atom is 0.138 e. The summed E-state index contributed by atoms with van der Waals surface area (Å²) in [6, 6.07) is 2.23. The lowest BCUT2D eigenvalue weighted by Crippen LogP contribution is -2.39. The summed E-state index contributed by atoms with van der Waals surface area (Å²) in [6.07, 6.45) is 1.43. The molecule has 2 rings (SSSR count). The predicted molar refractivity (Wildman–Crippen MR) is 72.9 cm³/mol. The van der Waals surface area contributed by atoms with Crippen molar-refractivity contribution in [2.75, 3.05) is 17.7 Å². The van der Waals surface area contributed by atoms with E-state index in [1.807, 2.05) is 13.1 Å². The van der Waals surface area contributed by atoms with E-state index in [0.717, 1.165) is 30.3 Å². The lowest BCUT2D eigenvalue weighted by molar-refractivity contribution is 0.0835. The van der Waals surface area contributed by atoms with E-state index in [-0.39, 0.29) is 11.5 Å². The summed E-state index contributed by atoms with van der Waals surface area (Å²) in [7, 11) is 1.85. The minimum atomic E-state index is -0.157. The average Bonchev–Trinajstić information content (AvgIpc) is 2.25. The summed E-state index contributed by atoms with van der Waals surface area (Å²) in [4.78, 5) is 9.03. The molecule has 5 nitrogen and oxygen atoms in total. The number of rotatable bonds is 3. The Labute approximate surface area is 108 Å². The van der Waals surface area contributed by atoms with E-state index in [0.29, 0.717) is 6.04 Å². The summed E-state index contributed by atoms with van der Waals surface area (Å²) in [5, 5.41) is 15.7. The van der Waals surface area contributed by atoms with E-state index in [1.54, 1.807) is 0 Å². The van der Waals surface area contributed by atoms with Crippen LogP contribution in [-0.2, 0) is 5.41 Å². The van der Waals surface area contributed by atoms with Crippen molar-refractivity contribution in [3.05, 3.63) is 11.9 Å². The standard InChI is InChI=1S/C13H22N4O/c1-13(2,3)12-16-10(14-4)7-11(17-12)15-8-5-9(18)6-8/h7-9,18H,5-6H2,1-4H3,(H2,14,15,16,17). The smallest absolute Gasteiger partial charge is 0.138 e. The molecule has 1 saturated carbocycles. The van der Waals surface area contributed by atoms with E-state index in [2.05, 4.69) is 41.4 Å². The monoisotopic (exact) mass is 250 g/mol. The zero-order chi connectivity index (χ0) is 13.3. The van der Waals surface area contributed by atoms with E-state index < -0.39 is 0 Å². The Balaban J connectivity index is 2.18. The summed E-state index contributed by atoms with van der Waals surface area (Å²) < 4.78 is 0. The van der Waals surface area contributed by atoms with Crippen molar-refractivity contribution in [2.24, 2.45) is 0 Å². The molecule has 1 aromatic heterocycles. The van der Waals surface area contributed by atoms with Gasteiger partial charge in [-0.05, 0) is 12.8 Å². The maximum atomic E-state index is 9.30. The Bertz CT molecular complexity index is 421. The third kappa shape index (κ3) is 2.90. The van der Waals surface area contributed by atoms with Crippen molar-refractivity contribution in [2.45, 2.75) is 51.2 Å². The number of nitrogens with zero attached hydrogens (tertiary/aromatic N) is 2. The molecule has 0 saturated heterocycles. The van der Waals surface area contributed by atoms with Crippen LogP contribution < -0.4 is 10.6 Å². The third-order valence-electron chi connectivity index (χ3n) is 3.12. The van der Waals surface area contributed by atoms with Crippen LogP contribution in [0.25, 0.3) is 0 Å². The Morgan fingerprint density at radius 3 is 2.33 bits per heavy atom. The van der Waals surface area contributed by atoms with Gasteiger partial charge in [-0.2, -0.15) is 0 Å². The third-order valence-corrected chi connectivity index (χ3v) is 3.12. The molecule has 0 aromatic carbocycles. The van der Waals surface area contributed by atoms with E-state index >= 15 is 0 Å². The van der Waals surface area contributed by atoms with Gasteiger partial charge in [0.25, 0.3) is 0 Å². The highest BCUT2D eigenvalue weighted by Gasteiger charge is 2.28. The Morgan fingerprint density at radius 2 is 1.83 bits per heavy atom. The van der Waals surface area contributed by atoms with Gasteiger partial charge in [-0.15, -0.1) is 0 Å². The SMILES string of the molecule is CNc1cc(NC2CC(O)C2)nc(C(C)(C)C)n1. The Kier molecular flexibility index (Phi) is 3.43. The van der Waals surface area contributed by atoms with Crippen LogP contribution in [0.3, 0.4) is 0 Å². The van der Waals surface area contributed by atoms with Gasteiger partial charge >= 0.3 is 0 Å². The lowest BCUT2D eigenvalue weighted by Gasteiger charge is -2.32. The summed E-state index contributed by atoms with van der Waals surface area (Å²) >= 11 is 0. The number of anilines is 2. The molecule has 5 heteroatoms. The van der Waals surface area contributed by atoms with E-state index in [4.69, 9.17) is 0 Å². The predicted octanol–water partition coefficient (Wildman–Crippen LogP) is 1.75. The fourth-order valence-electron chi connectivity index (χ4n) is 1.90. The molecule has 0 unspecified atom stereocenters. The van der Waals surface area contributed by atoms with Gasteiger partial charge in [0.15, 0.2) is 0 Å². The molecule has 18 heavy (non-hydrogen) atoms. The quantitative estimate of drug-likeness (QED) is 0.762. The second-order valence-corrected chi connectivity index (χ2v) is 5.93. The van der Waals surface area contributed by atoms with Gasteiger partial charge in [0.2, 0.25) is 0 Å². The first kappa shape index (κ1) is 13.1. The molecular formula is C13H22N4O. The van der Waals surface area contributed by atoms with Crippen LogP contribution in [0.2, 0.25) is 0 Å². The molecule has 0 amide bonds. The van der Waals surface area contributed by atoms with Crippen molar-refractivity contribution in [3.63, 3.8) is 0 Å². The molecule has 100 valence electrons. The van der Waals surface area contributed by atoms with Crippen LogP contribution in [0.4, 0.5) is 11.6 Å². The number of hydrogen-bond donors (Lipinski definition) is 3. The first-order valence-corrected chi connectivity index (χ1v) is 6.40. The van der Waals surface area contributed by atoms with Crippen LogP contribution in [0.5, 0.6) is 0 Å². The summed E-state index contributed by atoms with van der Waals surface area (Å²) in [5.74, 6) is 2.46. The van der Waals surface area contributed by atoms with Gasteiger partial charge in [0, 0.05) is 24.6 Å². The highest BCUT2D eigenvalue weighted by Crippen LogP contribution is 2.26. The van der Waals surface area contributed by atoms with Crippen molar-refractivity contribution >= 4 is 11.6 Å². The van der Waals surface area contributed by atoms with Gasteiger partial charge in [-0.1, -0.05) is 20.8 Å². The molecule has 1 aliphatic rings. The first-order chi connectivity index (χ1) is 8.38. The maximum absolute atomic E-state index is 9.30. The molecule has 0 atom stereocenters. The van der Waals surface area contributed by atoms with Gasteiger partial charge in [-0.25, -0.2) is 9.97 Å². The minimum Gasteiger partial charge on any atom is -0.393 e. The Hall–Kier alpha value is -1.36.